The van der Waals surface area contributed by atoms with Crippen molar-refractivity contribution in [1.82, 2.24) is 4.98 Å². The molecule has 0 aliphatic rings. The number of aromatic nitrogens is 1. The van der Waals surface area contributed by atoms with Gasteiger partial charge in [0.25, 0.3) is 0 Å². The first-order chi connectivity index (χ1) is 8.75. The van der Waals surface area contributed by atoms with Gasteiger partial charge >= 0.3 is 12.1 Å². The summed E-state index contributed by atoms with van der Waals surface area (Å²) >= 11 is 0. The molecule has 0 unspecified atom stereocenters. The van der Waals surface area contributed by atoms with Crippen molar-refractivity contribution in [2.24, 2.45) is 0 Å². The first-order valence-electron chi connectivity index (χ1n) is 5.60. The lowest BCUT2D eigenvalue weighted by molar-refractivity contribution is -0.290. The van der Waals surface area contributed by atoms with E-state index in [0.717, 1.165) is 18.1 Å². The van der Waals surface area contributed by atoms with E-state index in [4.69, 9.17) is 0 Å². The number of pyridine rings is 1. The normalized spacial score (nSPS) is 12.9. The maximum atomic E-state index is 13.1. The van der Waals surface area contributed by atoms with Crippen molar-refractivity contribution in [2.75, 3.05) is 0 Å². The zero-order chi connectivity index (χ0) is 14.3. The van der Waals surface area contributed by atoms with Crippen molar-refractivity contribution in [1.29, 1.82) is 0 Å². The summed E-state index contributed by atoms with van der Waals surface area (Å²) in [5.41, 5.74) is -0.194. The summed E-state index contributed by atoms with van der Waals surface area (Å²) in [6.07, 6.45) is -4.90. The van der Waals surface area contributed by atoms with Gasteiger partial charge in [-0.15, -0.1) is 0 Å². The lowest BCUT2D eigenvalue weighted by Crippen LogP contribution is -2.34. The third-order valence-corrected chi connectivity index (χ3v) is 2.84. The summed E-state index contributed by atoms with van der Waals surface area (Å²) in [6, 6.07) is 6.78. The Morgan fingerprint density at radius 3 is 2.26 bits per heavy atom. The molecule has 1 aromatic heterocycles. The van der Waals surface area contributed by atoms with E-state index in [2.05, 4.69) is 4.98 Å². The molecule has 6 heteroatoms. The summed E-state index contributed by atoms with van der Waals surface area (Å²) in [4.78, 5) is 3.42. The van der Waals surface area contributed by atoms with Gasteiger partial charge < -0.3 is 0 Å². The maximum Gasteiger partial charge on any atom is 0.459 e. The molecule has 0 saturated carbocycles. The van der Waals surface area contributed by atoms with Crippen molar-refractivity contribution in [3.8, 4) is 0 Å². The van der Waals surface area contributed by atoms with E-state index in [0.29, 0.717) is 5.39 Å². The molecule has 2 rings (SSSR count). The summed E-state index contributed by atoms with van der Waals surface area (Å²) in [7, 11) is 0. The van der Waals surface area contributed by atoms with Crippen molar-refractivity contribution < 1.29 is 22.0 Å². The predicted octanol–water partition coefficient (Wildman–Crippen LogP) is 4.45. The van der Waals surface area contributed by atoms with Gasteiger partial charge in [0.2, 0.25) is 0 Å². The molecule has 102 valence electrons. The fraction of sp³-hybridized carbons (Fsp3) is 0.308. The van der Waals surface area contributed by atoms with Gasteiger partial charge in [-0.3, -0.25) is 0 Å². The number of nitrogens with zero attached hydrogens (tertiary/aromatic N) is 1. The monoisotopic (exact) mass is 275 g/mol. The van der Waals surface area contributed by atoms with Crippen molar-refractivity contribution >= 4 is 10.9 Å². The highest BCUT2D eigenvalue weighted by Crippen LogP contribution is 2.43. The SMILES string of the molecule is CCc1ccc2nc(C(F)(F)C(F)(F)F)ccc2c1. The molecular formula is C13H10F5N. The zero-order valence-electron chi connectivity index (χ0n) is 9.93. The standard InChI is InChI=1S/C13H10F5N/c1-2-8-3-5-10-9(7-8)4-6-11(19-10)12(14,15)13(16,17)18/h3-7H,2H2,1H3. The Kier molecular flexibility index (Phi) is 3.20. The van der Waals surface area contributed by atoms with E-state index < -0.39 is 17.8 Å². The van der Waals surface area contributed by atoms with Gasteiger partial charge in [-0.25, -0.2) is 4.98 Å². The molecule has 2 aromatic rings. The number of hydrogen-bond acceptors (Lipinski definition) is 1. The molecule has 0 aliphatic carbocycles. The first kappa shape index (κ1) is 13.7. The van der Waals surface area contributed by atoms with Crippen LogP contribution in [0.5, 0.6) is 0 Å². The minimum atomic E-state index is -5.64. The van der Waals surface area contributed by atoms with E-state index in [1.807, 2.05) is 6.92 Å². The van der Waals surface area contributed by atoms with Gasteiger partial charge in [0.15, 0.2) is 0 Å². The Bertz CT molecular complexity index is 603. The maximum absolute atomic E-state index is 13.1. The van der Waals surface area contributed by atoms with E-state index in [1.54, 1.807) is 12.1 Å². The topological polar surface area (TPSA) is 12.9 Å². The van der Waals surface area contributed by atoms with Crippen LogP contribution < -0.4 is 0 Å². The van der Waals surface area contributed by atoms with E-state index >= 15 is 0 Å². The predicted molar refractivity (Wildman–Crippen MR) is 61.1 cm³/mol. The van der Waals surface area contributed by atoms with Gasteiger partial charge in [-0.1, -0.05) is 19.1 Å². The Labute approximate surface area is 106 Å². The average molecular weight is 275 g/mol. The second kappa shape index (κ2) is 4.43. The van der Waals surface area contributed by atoms with Gasteiger partial charge in [0.1, 0.15) is 5.69 Å². The summed E-state index contributed by atoms with van der Waals surface area (Å²) in [5.74, 6) is -4.94. The van der Waals surface area contributed by atoms with Crippen LogP contribution in [0.2, 0.25) is 0 Å². The summed E-state index contributed by atoms with van der Waals surface area (Å²) in [5, 5.41) is 0.543. The second-order valence-corrected chi connectivity index (χ2v) is 4.15. The molecule has 0 aliphatic heterocycles. The number of benzene rings is 1. The molecule has 0 bridgehead atoms. The van der Waals surface area contributed by atoms with E-state index in [-0.39, 0.29) is 5.52 Å². The molecule has 0 spiro atoms. The Balaban J connectivity index is 2.54. The average Bonchev–Trinajstić information content (AvgIpc) is 2.36. The Morgan fingerprint density at radius 1 is 1.00 bits per heavy atom. The minimum Gasteiger partial charge on any atom is -0.246 e. The van der Waals surface area contributed by atoms with Crippen LogP contribution in [0.1, 0.15) is 18.2 Å². The summed E-state index contributed by atoms with van der Waals surface area (Å²) in [6.45, 7) is 1.92. The van der Waals surface area contributed by atoms with Gasteiger partial charge in [0, 0.05) is 5.39 Å². The molecule has 0 atom stereocenters. The van der Waals surface area contributed by atoms with Gasteiger partial charge in [-0.2, -0.15) is 22.0 Å². The third-order valence-electron chi connectivity index (χ3n) is 2.84. The zero-order valence-corrected chi connectivity index (χ0v) is 9.93. The van der Waals surface area contributed by atoms with Crippen LogP contribution >= 0.6 is 0 Å². The fourth-order valence-electron chi connectivity index (χ4n) is 1.72. The molecule has 0 N–H and O–H groups in total. The van der Waals surface area contributed by atoms with Crippen LogP contribution in [0.3, 0.4) is 0 Å². The van der Waals surface area contributed by atoms with Crippen LogP contribution in [-0.2, 0) is 12.3 Å². The van der Waals surface area contributed by atoms with E-state index in [9.17, 15) is 22.0 Å². The van der Waals surface area contributed by atoms with Crippen molar-refractivity contribution in [3.63, 3.8) is 0 Å². The number of halogens is 5. The van der Waals surface area contributed by atoms with Gasteiger partial charge in [0.05, 0.1) is 5.52 Å². The largest absolute Gasteiger partial charge is 0.459 e. The van der Waals surface area contributed by atoms with Gasteiger partial charge in [-0.05, 0) is 30.2 Å². The molecular weight excluding hydrogens is 265 g/mol. The van der Waals surface area contributed by atoms with Crippen LogP contribution in [0, 0.1) is 0 Å². The molecule has 1 aromatic carbocycles. The highest BCUT2D eigenvalue weighted by atomic mass is 19.4. The van der Waals surface area contributed by atoms with E-state index in [1.165, 1.54) is 12.1 Å². The highest BCUT2D eigenvalue weighted by molar-refractivity contribution is 5.79. The van der Waals surface area contributed by atoms with Crippen LogP contribution in [0.25, 0.3) is 10.9 Å². The van der Waals surface area contributed by atoms with Crippen LogP contribution in [-0.4, -0.2) is 11.2 Å². The lowest BCUT2D eigenvalue weighted by atomic mass is 10.1. The smallest absolute Gasteiger partial charge is 0.246 e. The fourth-order valence-corrected chi connectivity index (χ4v) is 1.72. The minimum absolute atomic E-state index is 0.124. The Morgan fingerprint density at radius 2 is 1.68 bits per heavy atom. The molecule has 0 fully saturated rings. The first-order valence-corrected chi connectivity index (χ1v) is 5.60. The molecule has 1 nitrogen and oxygen atoms in total. The number of rotatable bonds is 2. The van der Waals surface area contributed by atoms with Crippen LogP contribution in [0.4, 0.5) is 22.0 Å². The second-order valence-electron chi connectivity index (χ2n) is 4.15. The number of aryl methyl sites for hydroxylation is 1. The van der Waals surface area contributed by atoms with Crippen molar-refractivity contribution in [3.05, 3.63) is 41.6 Å². The lowest BCUT2D eigenvalue weighted by Gasteiger charge is -2.19. The highest BCUT2D eigenvalue weighted by Gasteiger charge is 2.59. The third kappa shape index (κ3) is 2.39. The van der Waals surface area contributed by atoms with Crippen LogP contribution in [0.15, 0.2) is 30.3 Å². The molecule has 1 heterocycles. The molecule has 0 radical (unpaired) electrons. The molecule has 19 heavy (non-hydrogen) atoms. The number of hydrogen-bond donors (Lipinski definition) is 0. The van der Waals surface area contributed by atoms with Crippen molar-refractivity contribution in [2.45, 2.75) is 25.4 Å². The number of fused-ring (bicyclic) bond motifs is 1. The summed E-state index contributed by atoms with van der Waals surface area (Å²) < 4.78 is 63.0. The molecule has 0 amide bonds. The number of alkyl halides is 5. The quantitative estimate of drug-likeness (QED) is 0.738. The molecule has 0 saturated heterocycles. The Hall–Kier alpha value is -1.72.